The lowest BCUT2D eigenvalue weighted by Crippen LogP contribution is -2.42. The number of hydrogen-bond acceptors (Lipinski definition) is 5. The van der Waals surface area contributed by atoms with E-state index in [0.29, 0.717) is 35.6 Å². The molecule has 1 aromatic heterocycles. The van der Waals surface area contributed by atoms with Crippen molar-refractivity contribution in [1.29, 1.82) is 0 Å². The fourth-order valence-electron chi connectivity index (χ4n) is 4.82. The lowest BCUT2D eigenvalue weighted by molar-refractivity contribution is -0.275. The van der Waals surface area contributed by atoms with Gasteiger partial charge in [-0.1, -0.05) is 28.4 Å². The van der Waals surface area contributed by atoms with Gasteiger partial charge in [0.1, 0.15) is 11.8 Å². The number of benzene rings is 1. The summed E-state index contributed by atoms with van der Waals surface area (Å²) in [6.45, 7) is 0.461. The first-order chi connectivity index (χ1) is 17.0. The third-order valence-electron chi connectivity index (χ3n) is 6.68. The quantitative estimate of drug-likeness (QED) is 0.392. The van der Waals surface area contributed by atoms with Gasteiger partial charge in [-0.15, -0.1) is 11.3 Å². The molecular formula is C23H19Cl2F4N3O3S. The van der Waals surface area contributed by atoms with Crippen molar-refractivity contribution in [2.75, 3.05) is 6.54 Å². The molecule has 2 N–H and O–H groups in total. The molecule has 5 rings (SSSR count). The number of hydrogen-bond donors (Lipinski definition) is 2. The highest BCUT2D eigenvalue weighted by atomic mass is 35.5. The van der Waals surface area contributed by atoms with Gasteiger partial charge < -0.3 is 15.5 Å². The van der Waals surface area contributed by atoms with E-state index in [9.17, 15) is 27.2 Å². The summed E-state index contributed by atoms with van der Waals surface area (Å²) in [6, 6.07) is 1.02. The summed E-state index contributed by atoms with van der Waals surface area (Å²) in [5.74, 6) is -1.74. The van der Waals surface area contributed by atoms with Crippen LogP contribution in [0.1, 0.15) is 56.9 Å². The molecule has 1 aliphatic carbocycles. The summed E-state index contributed by atoms with van der Waals surface area (Å²) in [7, 11) is 0. The minimum atomic E-state index is -4.93. The van der Waals surface area contributed by atoms with E-state index in [-0.39, 0.29) is 11.6 Å². The molecule has 2 aliphatic heterocycles. The minimum Gasteiger partial charge on any atom is -0.374 e. The van der Waals surface area contributed by atoms with Crippen LogP contribution in [0.2, 0.25) is 10.0 Å². The van der Waals surface area contributed by atoms with E-state index in [2.05, 4.69) is 15.8 Å². The summed E-state index contributed by atoms with van der Waals surface area (Å²) in [5.41, 5.74) is -1.83. The molecule has 0 radical (unpaired) electrons. The Morgan fingerprint density at radius 2 is 1.86 bits per heavy atom. The Bertz CT molecular complexity index is 1270. The van der Waals surface area contributed by atoms with Gasteiger partial charge in [0.2, 0.25) is 5.91 Å². The molecule has 2 amide bonds. The van der Waals surface area contributed by atoms with Gasteiger partial charge in [-0.2, -0.15) is 13.2 Å². The van der Waals surface area contributed by atoms with Crippen molar-refractivity contribution >= 4 is 52.1 Å². The van der Waals surface area contributed by atoms with Crippen molar-refractivity contribution in [2.45, 2.75) is 56.3 Å². The Hall–Kier alpha value is -2.37. The number of rotatable bonds is 4. The average molecular weight is 564 g/mol. The number of amides is 2. The smallest absolute Gasteiger partial charge is 0.374 e. The van der Waals surface area contributed by atoms with Crippen LogP contribution in [0.5, 0.6) is 0 Å². The topological polar surface area (TPSA) is 79.8 Å². The molecule has 3 aliphatic rings. The number of nitrogens with one attached hydrogen (secondary N) is 2. The van der Waals surface area contributed by atoms with Crippen LogP contribution in [0, 0.1) is 5.82 Å². The predicted octanol–water partition coefficient (Wildman–Crippen LogP) is 5.27. The number of carbonyl (C=O) groups excluding carboxylic acids is 2. The molecular weight excluding hydrogens is 545 g/mol. The highest BCUT2D eigenvalue weighted by Gasteiger charge is 2.63. The van der Waals surface area contributed by atoms with Crippen molar-refractivity contribution in [3.05, 3.63) is 54.4 Å². The second-order valence-corrected chi connectivity index (χ2v) is 10.7. The standard InChI is InChI=1S/C23H19Cl2F4N3O3S/c24-13-7-10(8-14(25)17(13)26)22(23(27,28)29)9-16(32-35-22)18-11-3-1-2-4-12(11)19(36-18)21(34)31-15-5-6-30-20(15)33/h7-8,15H,1-6,9H2,(H,30,33)(H,31,34). The third-order valence-corrected chi connectivity index (χ3v) is 8.55. The zero-order valence-electron chi connectivity index (χ0n) is 18.5. The molecule has 2 atom stereocenters. The molecule has 6 nitrogen and oxygen atoms in total. The summed E-state index contributed by atoms with van der Waals surface area (Å²) < 4.78 is 57.2. The van der Waals surface area contributed by atoms with Gasteiger partial charge in [0.25, 0.3) is 11.5 Å². The molecule has 36 heavy (non-hydrogen) atoms. The number of alkyl halides is 3. The van der Waals surface area contributed by atoms with Crippen molar-refractivity contribution in [1.82, 2.24) is 10.6 Å². The molecule has 1 saturated heterocycles. The molecule has 3 heterocycles. The first kappa shape index (κ1) is 25.3. The van der Waals surface area contributed by atoms with Crippen LogP contribution in [0.3, 0.4) is 0 Å². The number of halogens is 6. The Balaban J connectivity index is 1.51. The molecule has 13 heteroatoms. The first-order valence-electron chi connectivity index (χ1n) is 11.2. The van der Waals surface area contributed by atoms with Crippen LogP contribution in [0.25, 0.3) is 0 Å². The molecule has 0 bridgehead atoms. The maximum absolute atomic E-state index is 14.4. The molecule has 0 saturated carbocycles. The van der Waals surface area contributed by atoms with Crippen molar-refractivity contribution in [2.24, 2.45) is 5.16 Å². The second kappa shape index (κ2) is 9.18. The minimum absolute atomic E-state index is 0.0321. The Labute approximate surface area is 217 Å². The van der Waals surface area contributed by atoms with Gasteiger partial charge in [0.05, 0.1) is 26.2 Å². The van der Waals surface area contributed by atoms with E-state index in [1.165, 1.54) is 0 Å². The van der Waals surface area contributed by atoms with Crippen LogP contribution in [0.15, 0.2) is 17.3 Å². The summed E-state index contributed by atoms with van der Waals surface area (Å²) in [5, 5.41) is 8.06. The van der Waals surface area contributed by atoms with Crippen molar-refractivity contribution in [3.63, 3.8) is 0 Å². The molecule has 1 fully saturated rings. The Morgan fingerprint density at radius 3 is 2.47 bits per heavy atom. The van der Waals surface area contributed by atoms with Gasteiger partial charge in [0.15, 0.2) is 5.82 Å². The van der Waals surface area contributed by atoms with E-state index in [1.807, 2.05) is 0 Å². The average Bonchev–Trinajstić information content (AvgIpc) is 3.54. The van der Waals surface area contributed by atoms with Gasteiger partial charge in [-0.3, -0.25) is 9.59 Å². The van der Waals surface area contributed by atoms with Gasteiger partial charge >= 0.3 is 6.18 Å². The highest BCUT2D eigenvalue weighted by Crippen LogP contribution is 2.51. The maximum atomic E-state index is 14.4. The number of carbonyl (C=O) groups is 2. The Kier molecular flexibility index (Phi) is 6.45. The molecule has 2 unspecified atom stereocenters. The fourth-order valence-corrected chi connectivity index (χ4v) is 6.58. The third kappa shape index (κ3) is 4.14. The Morgan fingerprint density at radius 1 is 1.19 bits per heavy atom. The zero-order chi connectivity index (χ0) is 25.8. The van der Waals surface area contributed by atoms with E-state index < -0.39 is 51.6 Å². The number of fused-ring (bicyclic) bond motifs is 1. The van der Waals surface area contributed by atoms with Crippen molar-refractivity contribution in [3.8, 4) is 0 Å². The fraction of sp³-hybridized carbons (Fsp3) is 0.435. The summed E-state index contributed by atoms with van der Waals surface area (Å²) >= 11 is 12.6. The van der Waals surface area contributed by atoms with Crippen LogP contribution < -0.4 is 10.6 Å². The monoisotopic (exact) mass is 563 g/mol. The van der Waals surface area contributed by atoms with E-state index in [0.717, 1.165) is 47.4 Å². The first-order valence-corrected chi connectivity index (χ1v) is 12.8. The van der Waals surface area contributed by atoms with Gasteiger partial charge in [0, 0.05) is 12.1 Å². The lowest BCUT2D eigenvalue weighted by Gasteiger charge is -2.29. The summed E-state index contributed by atoms with van der Waals surface area (Å²) in [6.07, 6.45) is -2.37. The predicted molar refractivity (Wildman–Crippen MR) is 126 cm³/mol. The van der Waals surface area contributed by atoms with Crippen LogP contribution >= 0.6 is 34.5 Å². The largest absolute Gasteiger partial charge is 0.435 e. The second-order valence-electron chi connectivity index (χ2n) is 8.91. The molecule has 192 valence electrons. The molecule has 1 aromatic carbocycles. The maximum Gasteiger partial charge on any atom is 0.435 e. The van der Waals surface area contributed by atoms with E-state index >= 15 is 0 Å². The lowest BCUT2D eigenvalue weighted by atomic mass is 9.85. The van der Waals surface area contributed by atoms with E-state index in [4.69, 9.17) is 28.0 Å². The number of nitrogens with zero attached hydrogens (tertiary/aromatic N) is 1. The molecule has 0 spiro atoms. The molecule has 2 aromatic rings. The normalized spacial score (nSPS) is 23.7. The van der Waals surface area contributed by atoms with E-state index in [1.54, 1.807) is 0 Å². The summed E-state index contributed by atoms with van der Waals surface area (Å²) in [4.78, 5) is 30.8. The van der Waals surface area contributed by atoms with Crippen LogP contribution in [0.4, 0.5) is 17.6 Å². The SMILES string of the molecule is O=C(NC1CCNC1=O)c1sc(C2=NOC(c3cc(Cl)c(F)c(Cl)c3)(C(F)(F)F)C2)c2c1CCCC2. The van der Waals surface area contributed by atoms with Crippen LogP contribution in [-0.4, -0.2) is 36.3 Å². The van der Waals surface area contributed by atoms with Gasteiger partial charge in [-0.05, 0) is 55.4 Å². The zero-order valence-corrected chi connectivity index (χ0v) is 20.9. The number of oxime groups is 1. The highest BCUT2D eigenvalue weighted by molar-refractivity contribution is 7.16. The van der Waals surface area contributed by atoms with Gasteiger partial charge in [-0.25, -0.2) is 4.39 Å². The number of thiophene rings is 1. The van der Waals surface area contributed by atoms with Crippen molar-refractivity contribution < 1.29 is 32.0 Å². The van der Waals surface area contributed by atoms with Crippen LogP contribution in [-0.2, 0) is 28.1 Å².